The van der Waals surface area contributed by atoms with Crippen LogP contribution in [-0.2, 0) is 0 Å². The van der Waals surface area contributed by atoms with Gasteiger partial charge in [0, 0.05) is 5.56 Å². The predicted octanol–water partition coefficient (Wildman–Crippen LogP) is 3.16. The number of methoxy groups -OCH3 is 1. The van der Waals surface area contributed by atoms with Gasteiger partial charge in [-0.1, -0.05) is 49.6 Å². The summed E-state index contributed by atoms with van der Waals surface area (Å²) in [4.78, 5) is 0. The fraction of sp³-hybridized carbons (Fsp3) is 0.385. The lowest BCUT2D eigenvalue weighted by atomic mass is 10.1. The molecule has 0 aliphatic heterocycles. The maximum Gasteiger partial charge on any atom is 0.124 e. The number of hydrogen-bond acceptors (Lipinski definition) is 2. The molecule has 2 nitrogen and oxygen atoms in total. The second-order valence-electron chi connectivity index (χ2n) is 4.91. The van der Waals surface area contributed by atoms with Crippen LogP contribution in [0.5, 0.6) is 5.75 Å². The fourth-order valence-electron chi connectivity index (χ4n) is 1.39. The van der Waals surface area contributed by atoms with E-state index in [2.05, 4.69) is 25.3 Å². The quantitative estimate of drug-likeness (QED) is 0.814. The minimum absolute atomic E-state index is 0.581. The van der Waals surface area contributed by atoms with Crippen LogP contribution >= 0.6 is 0 Å². The first-order valence-electron chi connectivity index (χ1n) is 5.44. The van der Waals surface area contributed by atoms with Gasteiger partial charge in [-0.3, -0.25) is 0 Å². The van der Waals surface area contributed by atoms with Gasteiger partial charge in [-0.15, -0.1) is 0 Å². The Bertz CT molecular complexity index is 366. The van der Waals surface area contributed by atoms with E-state index in [-0.39, 0.29) is 0 Å². The molecule has 1 unspecified atom stereocenters. The summed E-state index contributed by atoms with van der Waals surface area (Å²) in [5, 5.41) is 10.1. The molecule has 0 heterocycles. The summed E-state index contributed by atoms with van der Waals surface area (Å²) in [6.45, 7) is 6.70. The zero-order valence-electron chi connectivity index (χ0n) is 10.4. The van der Waals surface area contributed by atoms with Gasteiger partial charge in [0.15, 0.2) is 0 Å². The molecule has 0 aliphatic rings. The fourth-order valence-corrected chi connectivity index (χ4v) is 2.15. The van der Waals surface area contributed by atoms with Crippen molar-refractivity contribution < 1.29 is 9.84 Å². The van der Waals surface area contributed by atoms with Crippen molar-refractivity contribution in [3.63, 3.8) is 0 Å². The molecule has 1 rings (SSSR count). The van der Waals surface area contributed by atoms with E-state index in [0.717, 1.165) is 11.3 Å². The van der Waals surface area contributed by atoms with Gasteiger partial charge in [0.05, 0.1) is 15.2 Å². The molecule has 0 amide bonds. The van der Waals surface area contributed by atoms with E-state index in [0.29, 0.717) is 0 Å². The van der Waals surface area contributed by atoms with Crippen molar-refractivity contribution in [3.05, 3.63) is 41.6 Å². The van der Waals surface area contributed by atoms with Crippen LogP contribution in [0.25, 0.3) is 0 Å². The third kappa shape index (κ3) is 3.83. The van der Waals surface area contributed by atoms with Gasteiger partial charge < -0.3 is 9.84 Å². The Morgan fingerprint density at radius 1 is 1.25 bits per heavy atom. The molecule has 0 fully saturated rings. The van der Waals surface area contributed by atoms with E-state index in [1.807, 2.05) is 30.3 Å². The first-order chi connectivity index (χ1) is 7.44. The second kappa shape index (κ2) is 5.32. The summed E-state index contributed by atoms with van der Waals surface area (Å²) in [7, 11) is 0.357. The Morgan fingerprint density at radius 2 is 1.88 bits per heavy atom. The number of aliphatic hydroxyl groups is 1. The van der Waals surface area contributed by atoms with Gasteiger partial charge in [0.25, 0.3) is 0 Å². The zero-order valence-corrected chi connectivity index (χ0v) is 11.4. The minimum atomic E-state index is -1.26. The number of ether oxygens (including phenoxy) is 1. The van der Waals surface area contributed by atoms with Crippen LogP contribution < -0.4 is 4.74 Å². The third-order valence-electron chi connectivity index (χ3n) is 2.24. The Balaban J connectivity index is 2.88. The first kappa shape index (κ1) is 13.0. The van der Waals surface area contributed by atoms with E-state index >= 15 is 0 Å². The van der Waals surface area contributed by atoms with E-state index in [1.54, 1.807) is 7.11 Å². The highest BCUT2D eigenvalue weighted by atomic mass is 28.3. The smallest absolute Gasteiger partial charge is 0.124 e. The number of benzene rings is 1. The molecule has 0 spiro atoms. The standard InChI is InChI=1S/C13H20O2Si/c1-15-13-8-6-5-7-11(13)12(14)9-10-16(2,3)4/h5-10,12,14H,1-4H3/b10-9+. The Kier molecular flexibility index (Phi) is 4.32. The van der Waals surface area contributed by atoms with Crippen LogP contribution in [0, 0.1) is 0 Å². The van der Waals surface area contributed by atoms with Crippen molar-refractivity contribution in [2.24, 2.45) is 0 Å². The average Bonchev–Trinajstić information content (AvgIpc) is 2.25. The van der Waals surface area contributed by atoms with Crippen LogP contribution in [0.4, 0.5) is 0 Å². The second-order valence-corrected chi connectivity index (χ2v) is 9.98. The minimum Gasteiger partial charge on any atom is -0.496 e. The van der Waals surface area contributed by atoms with Crippen molar-refractivity contribution in [2.75, 3.05) is 7.11 Å². The molecule has 0 aliphatic carbocycles. The summed E-state index contributed by atoms with van der Waals surface area (Å²) in [5.41, 5.74) is 2.96. The molecule has 0 radical (unpaired) electrons. The number of para-hydroxylation sites is 1. The molecule has 88 valence electrons. The van der Waals surface area contributed by atoms with Crippen molar-refractivity contribution in [1.29, 1.82) is 0 Å². The van der Waals surface area contributed by atoms with Crippen LogP contribution in [0.2, 0.25) is 19.6 Å². The largest absolute Gasteiger partial charge is 0.496 e. The molecule has 3 heteroatoms. The summed E-state index contributed by atoms with van der Waals surface area (Å²) < 4.78 is 5.22. The molecule has 1 atom stereocenters. The number of hydrogen-bond donors (Lipinski definition) is 1. The van der Waals surface area contributed by atoms with Gasteiger partial charge in [0.1, 0.15) is 11.9 Å². The molecular weight excluding hydrogens is 216 g/mol. The monoisotopic (exact) mass is 236 g/mol. The summed E-state index contributed by atoms with van der Waals surface area (Å²) in [5.74, 6) is 0.732. The van der Waals surface area contributed by atoms with Gasteiger partial charge in [-0.05, 0) is 6.07 Å². The molecule has 1 aromatic carbocycles. The molecule has 0 saturated heterocycles. The van der Waals surface area contributed by atoms with Crippen molar-refractivity contribution in [1.82, 2.24) is 0 Å². The van der Waals surface area contributed by atoms with Crippen LogP contribution in [0.15, 0.2) is 36.0 Å². The molecule has 0 aromatic heterocycles. The Morgan fingerprint density at radius 3 is 2.44 bits per heavy atom. The van der Waals surface area contributed by atoms with Crippen molar-refractivity contribution >= 4 is 8.07 Å². The third-order valence-corrected chi connectivity index (χ3v) is 3.43. The highest BCUT2D eigenvalue weighted by Crippen LogP contribution is 2.25. The van der Waals surface area contributed by atoms with Crippen molar-refractivity contribution in [3.8, 4) is 5.75 Å². The van der Waals surface area contributed by atoms with Crippen LogP contribution in [-0.4, -0.2) is 20.3 Å². The lowest BCUT2D eigenvalue weighted by Crippen LogP contribution is -2.16. The molecule has 0 saturated carbocycles. The molecule has 0 bridgehead atoms. The van der Waals surface area contributed by atoms with Gasteiger partial charge in [-0.2, -0.15) is 0 Å². The van der Waals surface area contributed by atoms with E-state index in [1.165, 1.54) is 0 Å². The molecule has 1 aromatic rings. The Hall–Kier alpha value is -1.06. The summed E-state index contributed by atoms with van der Waals surface area (Å²) in [6.07, 6.45) is 1.28. The number of aliphatic hydroxyl groups excluding tert-OH is 1. The SMILES string of the molecule is COc1ccccc1C(O)/C=C/[Si](C)(C)C. The molecular formula is C13H20O2Si. The van der Waals surface area contributed by atoms with Gasteiger partial charge in [0.2, 0.25) is 0 Å². The van der Waals surface area contributed by atoms with Crippen LogP contribution in [0.3, 0.4) is 0 Å². The number of rotatable bonds is 4. The van der Waals surface area contributed by atoms with E-state index in [4.69, 9.17) is 4.74 Å². The molecule has 16 heavy (non-hydrogen) atoms. The lowest BCUT2D eigenvalue weighted by Gasteiger charge is -2.13. The van der Waals surface area contributed by atoms with E-state index < -0.39 is 14.2 Å². The molecule has 1 N–H and O–H groups in total. The highest BCUT2D eigenvalue weighted by molar-refractivity contribution is 6.80. The van der Waals surface area contributed by atoms with Gasteiger partial charge >= 0.3 is 0 Å². The maximum absolute atomic E-state index is 10.1. The Labute approximate surface area is 98.6 Å². The normalized spacial score (nSPS) is 14.1. The zero-order chi connectivity index (χ0) is 12.2. The average molecular weight is 236 g/mol. The highest BCUT2D eigenvalue weighted by Gasteiger charge is 2.12. The lowest BCUT2D eigenvalue weighted by molar-refractivity contribution is 0.223. The summed E-state index contributed by atoms with van der Waals surface area (Å²) in [6, 6.07) is 7.56. The summed E-state index contributed by atoms with van der Waals surface area (Å²) >= 11 is 0. The van der Waals surface area contributed by atoms with Crippen molar-refractivity contribution in [2.45, 2.75) is 25.7 Å². The topological polar surface area (TPSA) is 29.5 Å². The van der Waals surface area contributed by atoms with Crippen LogP contribution in [0.1, 0.15) is 11.7 Å². The first-order valence-corrected chi connectivity index (χ1v) is 9.02. The predicted molar refractivity (Wildman–Crippen MR) is 70.4 cm³/mol. The van der Waals surface area contributed by atoms with E-state index in [9.17, 15) is 5.11 Å². The van der Waals surface area contributed by atoms with Gasteiger partial charge in [-0.25, -0.2) is 0 Å². The maximum atomic E-state index is 10.1.